The molecule has 3 rings (SSSR count). The van der Waals surface area contributed by atoms with Gasteiger partial charge in [0.25, 0.3) is 5.69 Å². The number of carbonyl (C=O) groups is 1. The normalized spacial score (nSPS) is 12.9. The number of hydrogen-bond donors (Lipinski definition) is 0. The summed E-state index contributed by atoms with van der Waals surface area (Å²) < 4.78 is 21.1. The Labute approximate surface area is 161 Å². The van der Waals surface area contributed by atoms with Gasteiger partial charge in [-0.3, -0.25) is 10.1 Å². The lowest BCUT2D eigenvalue weighted by atomic mass is 10.1. The predicted octanol–water partition coefficient (Wildman–Crippen LogP) is 3.62. The first kappa shape index (κ1) is 19.4. The first-order chi connectivity index (χ1) is 13.6. The lowest BCUT2D eigenvalue weighted by molar-refractivity contribution is -0.385. The van der Waals surface area contributed by atoms with Crippen molar-refractivity contribution >= 4 is 17.7 Å². The van der Waals surface area contributed by atoms with E-state index in [1.165, 1.54) is 18.2 Å². The second-order valence-electron chi connectivity index (χ2n) is 5.90. The van der Waals surface area contributed by atoms with Gasteiger partial charge in [0.05, 0.1) is 18.1 Å². The third-order valence-electron chi connectivity index (χ3n) is 3.96. The number of fused-ring (bicyclic) bond motifs is 1. The Hall–Kier alpha value is -3.39. The molecule has 28 heavy (non-hydrogen) atoms. The molecular weight excluding hydrogens is 366 g/mol. The van der Waals surface area contributed by atoms with E-state index in [1.54, 1.807) is 6.08 Å². The zero-order valence-corrected chi connectivity index (χ0v) is 15.3. The molecule has 0 atom stereocenters. The summed E-state index contributed by atoms with van der Waals surface area (Å²) in [6, 6.07) is 9.99. The first-order valence-electron chi connectivity index (χ1n) is 8.65. The molecule has 0 aliphatic carbocycles. The molecule has 1 aliphatic rings. The number of ether oxygens (including phenoxy) is 4. The minimum Gasteiger partial charge on any atom is -0.494 e. The summed E-state index contributed by atoms with van der Waals surface area (Å²) in [4.78, 5) is 22.6. The van der Waals surface area contributed by atoms with Crippen LogP contribution in [0.1, 0.15) is 23.6 Å². The van der Waals surface area contributed by atoms with Crippen molar-refractivity contribution in [1.82, 2.24) is 0 Å². The summed E-state index contributed by atoms with van der Waals surface area (Å²) in [5.74, 6) is 0.642. The maximum atomic E-state index is 12.0. The third-order valence-corrected chi connectivity index (χ3v) is 3.96. The van der Waals surface area contributed by atoms with Gasteiger partial charge in [-0.2, -0.15) is 0 Å². The smallest absolute Gasteiger partial charge is 0.331 e. The molecule has 2 aromatic rings. The number of rotatable bonds is 7. The maximum absolute atomic E-state index is 12.0. The van der Waals surface area contributed by atoms with Crippen LogP contribution in [-0.2, 0) is 27.5 Å². The van der Waals surface area contributed by atoms with Gasteiger partial charge >= 0.3 is 5.97 Å². The van der Waals surface area contributed by atoms with Crippen molar-refractivity contribution < 1.29 is 28.7 Å². The lowest BCUT2D eigenvalue weighted by Gasteiger charge is -2.20. The molecule has 0 N–H and O–H groups in total. The molecular formula is C20H19NO7. The summed E-state index contributed by atoms with van der Waals surface area (Å²) in [5.41, 5.74) is 1.68. The Bertz CT molecular complexity index is 890. The van der Waals surface area contributed by atoms with Crippen LogP contribution < -0.4 is 9.47 Å². The molecule has 0 spiro atoms. The third kappa shape index (κ3) is 4.86. The molecule has 8 nitrogen and oxygen atoms in total. The van der Waals surface area contributed by atoms with E-state index in [2.05, 4.69) is 0 Å². The topological polar surface area (TPSA) is 97.1 Å². The molecule has 0 aromatic heterocycles. The zero-order valence-electron chi connectivity index (χ0n) is 15.3. The van der Waals surface area contributed by atoms with E-state index in [1.807, 2.05) is 31.2 Å². The first-order valence-corrected chi connectivity index (χ1v) is 8.65. The molecule has 0 amide bonds. The molecule has 0 saturated heterocycles. The van der Waals surface area contributed by atoms with Crippen molar-refractivity contribution in [2.24, 2.45) is 0 Å². The quantitative estimate of drug-likeness (QED) is 0.311. The minimum atomic E-state index is -0.568. The van der Waals surface area contributed by atoms with Crippen molar-refractivity contribution in [3.8, 4) is 11.5 Å². The van der Waals surface area contributed by atoms with Gasteiger partial charge in [-0.1, -0.05) is 12.1 Å². The molecule has 0 saturated carbocycles. The SMILES string of the molecule is CCOc1ccc(/C=C/C(=O)OCc2cc([N+](=O)[O-])cc3c2OCOC3)cc1. The van der Waals surface area contributed by atoms with Crippen LogP contribution in [0.25, 0.3) is 6.08 Å². The molecule has 0 unspecified atom stereocenters. The number of nitro groups is 1. The number of benzene rings is 2. The fraction of sp³-hybridized carbons (Fsp3) is 0.250. The highest BCUT2D eigenvalue weighted by Crippen LogP contribution is 2.33. The molecule has 2 aromatic carbocycles. The summed E-state index contributed by atoms with van der Waals surface area (Å²) in [5, 5.41) is 11.1. The predicted molar refractivity (Wildman–Crippen MR) is 99.8 cm³/mol. The van der Waals surface area contributed by atoms with Crippen molar-refractivity contribution in [3.05, 3.63) is 69.3 Å². The van der Waals surface area contributed by atoms with Crippen LogP contribution in [0.4, 0.5) is 5.69 Å². The van der Waals surface area contributed by atoms with E-state index in [-0.39, 0.29) is 25.7 Å². The summed E-state index contributed by atoms with van der Waals surface area (Å²) in [6.07, 6.45) is 2.91. The molecule has 1 aliphatic heterocycles. The van der Waals surface area contributed by atoms with E-state index in [9.17, 15) is 14.9 Å². The highest BCUT2D eigenvalue weighted by atomic mass is 16.7. The second-order valence-corrected chi connectivity index (χ2v) is 5.90. The van der Waals surface area contributed by atoms with E-state index < -0.39 is 10.9 Å². The van der Waals surface area contributed by atoms with Crippen molar-refractivity contribution in [3.63, 3.8) is 0 Å². The van der Waals surface area contributed by atoms with Crippen LogP contribution in [0.2, 0.25) is 0 Å². The zero-order chi connectivity index (χ0) is 19.9. The molecule has 1 heterocycles. The van der Waals surface area contributed by atoms with Gasteiger partial charge in [0.1, 0.15) is 18.1 Å². The number of esters is 1. The molecule has 0 fully saturated rings. The molecule has 146 valence electrons. The van der Waals surface area contributed by atoms with E-state index >= 15 is 0 Å². The van der Waals surface area contributed by atoms with Gasteiger partial charge in [-0.05, 0) is 30.7 Å². The minimum absolute atomic E-state index is 0.0450. The largest absolute Gasteiger partial charge is 0.494 e. The van der Waals surface area contributed by atoms with Gasteiger partial charge in [0.2, 0.25) is 0 Å². The summed E-state index contributed by atoms with van der Waals surface area (Å²) in [6.45, 7) is 2.59. The highest BCUT2D eigenvalue weighted by molar-refractivity contribution is 5.87. The molecule has 0 bridgehead atoms. The van der Waals surface area contributed by atoms with Crippen LogP contribution in [0.15, 0.2) is 42.5 Å². The van der Waals surface area contributed by atoms with Crippen molar-refractivity contribution in [2.75, 3.05) is 13.4 Å². The Kier molecular flexibility index (Phi) is 6.23. The standard InChI is InChI=1S/C20H19NO7/c1-2-26-18-6-3-14(4-7-18)5-8-19(22)27-12-16-10-17(21(23)24)9-15-11-25-13-28-20(15)16/h3-10H,2,11-13H2,1H3/b8-5+. The number of carbonyl (C=O) groups excluding carboxylic acids is 1. The number of non-ortho nitro benzene ring substituents is 1. The Morgan fingerprint density at radius 2 is 2.07 bits per heavy atom. The summed E-state index contributed by atoms with van der Waals surface area (Å²) >= 11 is 0. The van der Waals surface area contributed by atoms with Gasteiger partial charge in [-0.15, -0.1) is 0 Å². The van der Waals surface area contributed by atoms with Gasteiger partial charge in [0.15, 0.2) is 6.79 Å². The van der Waals surface area contributed by atoms with Crippen molar-refractivity contribution in [1.29, 1.82) is 0 Å². The van der Waals surface area contributed by atoms with Crippen LogP contribution in [0.5, 0.6) is 11.5 Å². The monoisotopic (exact) mass is 385 g/mol. The van der Waals surface area contributed by atoms with Crippen molar-refractivity contribution in [2.45, 2.75) is 20.1 Å². The van der Waals surface area contributed by atoms with E-state index in [4.69, 9.17) is 18.9 Å². The second kappa shape index (κ2) is 9.01. The van der Waals surface area contributed by atoms with Gasteiger partial charge < -0.3 is 18.9 Å². The Morgan fingerprint density at radius 1 is 1.29 bits per heavy atom. The summed E-state index contributed by atoms with van der Waals surface area (Å²) in [7, 11) is 0. The number of hydrogen-bond acceptors (Lipinski definition) is 7. The average Bonchev–Trinajstić information content (AvgIpc) is 2.71. The molecule has 0 radical (unpaired) electrons. The lowest BCUT2D eigenvalue weighted by Crippen LogP contribution is -2.14. The van der Waals surface area contributed by atoms with Crippen LogP contribution in [-0.4, -0.2) is 24.3 Å². The van der Waals surface area contributed by atoms with Crippen LogP contribution in [0.3, 0.4) is 0 Å². The van der Waals surface area contributed by atoms with E-state index in [0.717, 1.165) is 11.3 Å². The highest BCUT2D eigenvalue weighted by Gasteiger charge is 2.21. The fourth-order valence-electron chi connectivity index (χ4n) is 2.70. The van der Waals surface area contributed by atoms with Gasteiger partial charge in [-0.25, -0.2) is 4.79 Å². The number of nitro benzene ring substituents is 1. The Balaban J connectivity index is 1.65. The fourth-order valence-corrected chi connectivity index (χ4v) is 2.70. The number of nitrogens with zero attached hydrogens (tertiary/aromatic N) is 1. The van der Waals surface area contributed by atoms with Crippen LogP contribution in [0, 0.1) is 10.1 Å². The maximum Gasteiger partial charge on any atom is 0.331 e. The average molecular weight is 385 g/mol. The Morgan fingerprint density at radius 3 is 2.79 bits per heavy atom. The molecule has 8 heteroatoms. The van der Waals surface area contributed by atoms with E-state index in [0.29, 0.717) is 23.5 Å². The van der Waals surface area contributed by atoms with Crippen LogP contribution >= 0.6 is 0 Å². The van der Waals surface area contributed by atoms with Gasteiger partial charge in [0, 0.05) is 29.3 Å².